The zero-order chi connectivity index (χ0) is 20.7. The maximum absolute atomic E-state index is 12.5. The summed E-state index contributed by atoms with van der Waals surface area (Å²) < 4.78 is 5.15. The molecule has 0 saturated heterocycles. The summed E-state index contributed by atoms with van der Waals surface area (Å²) in [6.45, 7) is 6.25. The Morgan fingerprint density at radius 3 is 2.29 bits per heavy atom. The Labute approximate surface area is 166 Å². The fourth-order valence-corrected chi connectivity index (χ4v) is 2.74. The van der Waals surface area contributed by atoms with Crippen LogP contribution in [0, 0.1) is 0 Å². The molecule has 6 nitrogen and oxygen atoms in total. The lowest BCUT2D eigenvalue weighted by molar-refractivity contribution is -0.885. The summed E-state index contributed by atoms with van der Waals surface area (Å²) in [6, 6.07) is 14.7. The molecule has 0 saturated carbocycles. The molecule has 1 unspecified atom stereocenters. The molecule has 2 aromatic carbocycles. The van der Waals surface area contributed by atoms with Gasteiger partial charge >= 0.3 is 0 Å². The predicted molar refractivity (Wildman–Crippen MR) is 112 cm³/mol. The third-order valence-electron chi connectivity index (χ3n) is 4.77. The van der Waals surface area contributed by atoms with Crippen molar-refractivity contribution >= 4 is 23.2 Å². The van der Waals surface area contributed by atoms with Gasteiger partial charge in [-0.2, -0.15) is 0 Å². The number of quaternary nitrogens is 1. The van der Waals surface area contributed by atoms with Gasteiger partial charge in [0.05, 0.1) is 14.2 Å². The lowest BCUT2D eigenvalue weighted by Crippen LogP contribution is -3.14. The minimum absolute atomic E-state index is 0.121. The second-order valence-corrected chi connectivity index (χ2v) is 7.29. The number of amides is 2. The number of benzene rings is 2. The minimum Gasteiger partial charge on any atom is -0.497 e. The van der Waals surface area contributed by atoms with Gasteiger partial charge in [0, 0.05) is 17.4 Å². The first-order valence-corrected chi connectivity index (χ1v) is 9.47. The number of hydrogen-bond acceptors (Lipinski definition) is 3. The van der Waals surface area contributed by atoms with Gasteiger partial charge in [0.1, 0.15) is 5.75 Å². The van der Waals surface area contributed by atoms with Crippen LogP contribution in [0.5, 0.6) is 5.75 Å². The maximum Gasteiger partial charge on any atom is 0.282 e. The molecule has 0 heterocycles. The van der Waals surface area contributed by atoms with Gasteiger partial charge in [-0.25, -0.2) is 0 Å². The topological polar surface area (TPSA) is 71.9 Å². The number of methoxy groups -OCH3 is 1. The van der Waals surface area contributed by atoms with Gasteiger partial charge in [0.2, 0.25) is 0 Å². The van der Waals surface area contributed by atoms with Gasteiger partial charge in [-0.05, 0) is 42.7 Å². The molecule has 2 amide bonds. The van der Waals surface area contributed by atoms with E-state index in [0.717, 1.165) is 10.6 Å². The van der Waals surface area contributed by atoms with E-state index >= 15 is 0 Å². The quantitative estimate of drug-likeness (QED) is 0.654. The van der Waals surface area contributed by atoms with E-state index in [2.05, 4.69) is 24.5 Å². The number of likely N-dealkylation sites (N-methyl/N-ethyl adjacent to an activating group) is 1. The normalized spacial score (nSPS) is 12.9. The van der Waals surface area contributed by atoms with Crippen molar-refractivity contribution < 1.29 is 19.2 Å². The predicted octanol–water partition coefficient (Wildman–Crippen LogP) is 2.30. The molecule has 0 aromatic heterocycles. The van der Waals surface area contributed by atoms with E-state index in [1.807, 2.05) is 50.4 Å². The third-order valence-corrected chi connectivity index (χ3v) is 4.77. The van der Waals surface area contributed by atoms with Crippen LogP contribution < -0.4 is 20.3 Å². The Morgan fingerprint density at radius 2 is 1.68 bits per heavy atom. The van der Waals surface area contributed by atoms with Crippen LogP contribution in [0.3, 0.4) is 0 Å². The summed E-state index contributed by atoms with van der Waals surface area (Å²) in [5.74, 6) is 0.841. The standard InChI is InChI=1S/C22H29N3O3/c1-15(2)17-9-11-18(12-10-17)24-22(27)16(3)25(4)14-21(26)23-19-7-6-8-20(13-19)28-5/h6-13,15-16H,14H2,1-5H3,(H,23,26)(H,24,27)/p+1/t16-/m1/s1. The van der Waals surface area contributed by atoms with Crippen LogP contribution in [0.25, 0.3) is 0 Å². The highest BCUT2D eigenvalue weighted by Crippen LogP contribution is 2.17. The molecule has 2 aromatic rings. The van der Waals surface area contributed by atoms with Crippen LogP contribution in [-0.4, -0.2) is 38.6 Å². The summed E-state index contributed by atoms with van der Waals surface area (Å²) in [7, 11) is 3.41. The van der Waals surface area contributed by atoms with E-state index in [4.69, 9.17) is 4.74 Å². The van der Waals surface area contributed by atoms with Crippen molar-refractivity contribution in [2.45, 2.75) is 32.7 Å². The van der Waals surface area contributed by atoms with E-state index in [1.54, 1.807) is 19.2 Å². The molecular formula is C22H30N3O3+. The lowest BCUT2D eigenvalue weighted by Gasteiger charge is -2.21. The maximum atomic E-state index is 12.5. The first-order valence-electron chi connectivity index (χ1n) is 9.47. The van der Waals surface area contributed by atoms with Gasteiger partial charge < -0.3 is 20.3 Å². The van der Waals surface area contributed by atoms with Crippen molar-refractivity contribution in [2.24, 2.45) is 0 Å². The second kappa shape index (κ2) is 9.90. The fourth-order valence-electron chi connectivity index (χ4n) is 2.74. The number of carbonyl (C=O) groups is 2. The Kier molecular flexibility index (Phi) is 7.58. The van der Waals surface area contributed by atoms with Crippen LogP contribution in [0.15, 0.2) is 48.5 Å². The van der Waals surface area contributed by atoms with Gasteiger partial charge in [0.15, 0.2) is 12.6 Å². The van der Waals surface area contributed by atoms with E-state index in [-0.39, 0.29) is 24.4 Å². The highest BCUT2D eigenvalue weighted by atomic mass is 16.5. The number of nitrogens with one attached hydrogen (secondary N) is 3. The highest BCUT2D eigenvalue weighted by Gasteiger charge is 2.24. The van der Waals surface area contributed by atoms with Crippen LogP contribution in [0.1, 0.15) is 32.3 Å². The summed E-state index contributed by atoms with van der Waals surface area (Å²) in [5, 5.41) is 5.76. The summed E-state index contributed by atoms with van der Waals surface area (Å²) in [5.41, 5.74) is 2.65. The smallest absolute Gasteiger partial charge is 0.282 e. The van der Waals surface area contributed by atoms with Gasteiger partial charge in [-0.3, -0.25) is 9.59 Å². The molecule has 0 aliphatic rings. The van der Waals surface area contributed by atoms with E-state index < -0.39 is 0 Å². The highest BCUT2D eigenvalue weighted by molar-refractivity contribution is 5.94. The molecule has 2 atom stereocenters. The monoisotopic (exact) mass is 384 g/mol. The number of carbonyl (C=O) groups excluding carboxylic acids is 2. The zero-order valence-corrected chi connectivity index (χ0v) is 17.2. The van der Waals surface area contributed by atoms with Crippen molar-refractivity contribution in [2.75, 3.05) is 31.3 Å². The molecule has 6 heteroatoms. The van der Waals surface area contributed by atoms with Crippen molar-refractivity contribution in [3.8, 4) is 5.75 Å². The SMILES string of the molecule is COc1cccc(NC(=O)C[NH+](C)[C@H](C)C(=O)Nc2ccc(C(C)C)cc2)c1. The van der Waals surface area contributed by atoms with Crippen molar-refractivity contribution in [1.82, 2.24) is 0 Å². The van der Waals surface area contributed by atoms with Crippen LogP contribution in [0.2, 0.25) is 0 Å². The first-order chi connectivity index (χ1) is 13.3. The Hall–Kier alpha value is -2.86. The molecule has 0 radical (unpaired) electrons. The largest absolute Gasteiger partial charge is 0.497 e. The molecule has 3 N–H and O–H groups in total. The molecule has 150 valence electrons. The lowest BCUT2D eigenvalue weighted by atomic mass is 10.0. The molecule has 0 spiro atoms. The number of ether oxygens (including phenoxy) is 1. The second-order valence-electron chi connectivity index (χ2n) is 7.29. The minimum atomic E-state index is -0.374. The van der Waals surface area contributed by atoms with Crippen LogP contribution in [-0.2, 0) is 9.59 Å². The average Bonchev–Trinajstić information content (AvgIpc) is 2.67. The van der Waals surface area contributed by atoms with Crippen molar-refractivity contribution in [1.29, 1.82) is 0 Å². The Bertz CT molecular complexity index is 803. The van der Waals surface area contributed by atoms with E-state index in [1.165, 1.54) is 5.56 Å². The molecule has 0 aliphatic heterocycles. The molecule has 28 heavy (non-hydrogen) atoms. The molecular weight excluding hydrogens is 354 g/mol. The first kappa shape index (κ1) is 21.4. The molecule has 0 aliphatic carbocycles. The third kappa shape index (κ3) is 6.09. The van der Waals surface area contributed by atoms with Crippen molar-refractivity contribution in [3.63, 3.8) is 0 Å². The number of hydrogen-bond donors (Lipinski definition) is 3. The zero-order valence-electron chi connectivity index (χ0n) is 17.2. The Balaban J connectivity index is 1.88. The number of anilines is 2. The number of rotatable bonds is 8. The van der Waals surface area contributed by atoms with E-state index in [9.17, 15) is 9.59 Å². The van der Waals surface area contributed by atoms with Gasteiger partial charge in [-0.1, -0.05) is 32.0 Å². The van der Waals surface area contributed by atoms with E-state index in [0.29, 0.717) is 17.4 Å². The van der Waals surface area contributed by atoms with Gasteiger partial charge in [-0.15, -0.1) is 0 Å². The van der Waals surface area contributed by atoms with Crippen LogP contribution in [0.4, 0.5) is 11.4 Å². The molecule has 0 bridgehead atoms. The molecule has 2 rings (SSSR count). The Morgan fingerprint density at radius 1 is 1.00 bits per heavy atom. The average molecular weight is 385 g/mol. The summed E-state index contributed by atoms with van der Waals surface area (Å²) in [6.07, 6.45) is 0. The fraction of sp³-hybridized carbons (Fsp3) is 0.364. The summed E-state index contributed by atoms with van der Waals surface area (Å²) in [4.78, 5) is 25.6. The molecule has 0 fully saturated rings. The summed E-state index contributed by atoms with van der Waals surface area (Å²) >= 11 is 0. The van der Waals surface area contributed by atoms with Crippen LogP contribution >= 0.6 is 0 Å². The van der Waals surface area contributed by atoms with Crippen molar-refractivity contribution in [3.05, 3.63) is 54.1 Å². The van der Waals surface area contributed by atoms with Gasteiger partial charge in [0.25, 0.3) is 11.8 Å².